The number of thioether (sulfide) groups is 1. The average Bonchev–Trinajstić information content (AvgIpc) is 2.69. The minimum absolute atomic E-state index is 0.143. The zero-order chi connectivity index (χ0) is 21.2. The molecule has 0 aliphatic heterocycles. The molecule has 0 saturated heterocycles. The summed E-state index contributed by atoms with van der Waals surface area (Å²) in [4.78, 5) is 1.23. The normalized spacial score (nSPS) is 12.6. The van der Waals surface area contributed by atoms with Gasteiger partial charge in [0.1, 0.15) is 11.5 Å². The number of benzene rings is 3. The number of aryl methyl sites for hydroxylation is 1. The lowest BCUT2D eigenvalue weighted by Crippen LogP contribution is -2.26. The lowest BCUT2D eigenvalue weighted by atomic mass is 9.86. The van der Waals surface area contributed by atoms with Gasteiger partial charge in [0.05, 0.1) is 7.11 Å². The predicted octanol–water partition coefficient (Wildman–Crippen LogP) is 5.49. The molecule has 0 bridgehead atoms. The van der Waals surface area contributed by atoms with E-state index in [2.05, 4.69) is 76.4 Å². The van der Waals surface area contributed by atoms with Crippen LogP contribution >= 0.6 is 19.7 Å². The first-order valence-electron chi connectivity index (χ1n) is 9.68. The number of aromatic hydroxyl groups is 1. The zero-order valence-electron chi connectivity index (χ0n) is 18.0. The molecule has 1 unspecified atom stereocenters. The molecule has 3 aromatic carbocycles. The van der Waals surface area contributed by atoms with Crippen LogP contribution in [-0.4, -0.2) is 18.5 Å². The predicted molar refractivity (Wildman–Crippen MR) is 129 cm³/mol. The van der Waals surface area contributed by atoms with E-state index in [0.717, 1.165) is 21.9 Å². The van der Waals surface area contributed by atoms with Crippen LogP contribution in [0.5, 0.6) is 11.5 Å². The molecule has 0 amide bonds. The van der Waals surface area contributed by atoms with Gasteiger partial charge in [0, 0.05) is 15.5 Å². The van der Waals surface area contributed by atoms with Crippen molar-refractivity contribution < 1.29 is 9.84 Å². The molecule has 0 aromatic heterocycles. The highest BCUT2D eigenvalue weighted by molar-refractivity contribution is 7.99. The second-order valence-corrected chi connectivity index (χ2v) is 11.0. The van der Waals surface area contributed by atoms with Gasteiger partial charge in [-0.1, -0.05) is 69.3 Å². The van der Waals surface area contributed by atoms with Crippen LogP contribution in [0.4, 0.5) is 0 Å². The summed E-state index contributed by atoms with van der Waals surface area (Å²) in [6.45, 7) is 8.54. The van der Waals surface area contributed by atoms with Crippen LogP contribution in [0, 0.1) is 6.92 Å². The zero-order valence-corrected chi connectivity index (χ0v) is 19.7. The van der Waals surface area contributed by atoms with Crippen LogP contribution < -0.4 is 20.7 Å². The average molecular weight is 425 g/mol. The molecule has 0 heterocycles. The van der Waals surface area contributed by atoms with Crippen LogP contribution in [0.3, 0.4) is 0 Å². The van der Waals surface area contributed by atoms with E-state index in [1.165, 1.54) is 15.8 Å². The van der Waals surface area contributed by atoms with Gasteiger partial charge < -0.3 is 9.84 Å². The number of hydrogen-bond acceptors (Lipinski definition) is 3. The van der Waals surface area contributed by atoms with Crippen LogP contribution in [-0.2, 0) is 5.41 Å². The van der Waals surface area contributed by atoms with Crippen molar-refractivity contribution in [2.45, 2.75) is 38.0 Å². The highest BCUT2D eigenvalue weighted by Gasteiger charge is 2.29. The smallest absolute Gasteiger partial charge is 0.127 e. The van der Waals surface area contributed by atoms with E-state index in [4.69, 9.17) is 4.74 Å². The number of para-hydroxylation sites is 1. The van der Waals surface area contributed by atoms with Gasteiger partial charge in [-0.25, -0.2) is 0 Å². The van der Waals surface area contributed by atoms with Crippen LogP contribution in [0.25, 0.3) is 0 Å². The van der Waals surface area contributed by atoms with E-state index >= 15 is 0 Å². The van der Waals surface area contributed by atoms with Crippen molar-refractivity contribution in [1.29, 1.82) is 0 Å². The molecule has 0 saturated carbocycles. The number of hydrogen-bond donors (Lipinski definition) is 1. The van der Waals surface area contributed by atoms with Crippen molar-refractivity contribution >= 4 is 35.6 Å². The Labute approximate surface area is 180 Å². The van der Waals surface area contributed by atoms with Crippen molar-refractivity contribution in [3.8, 4) is 11.5 Å². The Bertz CT molecular complexity index is 1010. The Morgan fingerprint density at radius 3 is 2.21 bits per heavy atom. The number of methoxy groups -OCH3 is 1. The summed E-state index contributed by atoms with van der Waals surface area (Å²) in [6, 6.07) is 20.8. The Hall–Kier alpha value is -1.96. The summed E-state index contributed by atoms with van der Waals surface area (Å²) in [5.74, 6) is 1.26. The third-order valence-corrected chi connectivity index (χ3v) is 8.72. The van der Waals surface area contributed by atoms with Crippen LogP contribution in [0.2, 0.25) is 0 Å². The molecule has 2 nitrogen and oxygen atoms in total. The number of rotatable bonds is 5. The summed E-state index contributed by atoms with van der Waals surface area (Å²) in [5, 5.41) is 14.8. The van der Waals surface area contributed by atoms with E-state index in [1.54, 1.807) is 18.9 Å². The summed E-state index contributed by atoms with van der Waals surface area (Å²) in [5.41, 5.74) is 2.00. The monoisotopic (exact) mass is 424 g/mol. The SMILES string of the molecule is COc1cccc(C)c1P(c1ccccc1SC)c1cccc(C(C)(C)C)c1O. The fourth-order valence-electron chi connectivity index (χ4n) is 3.59. The first-order valence-corrected chi connectivity index (χ1v) is 12.3. The van der Waals surface area contributed by atoms with Crippen molar-refractivity contribution in [3.63, 3.8) is 0 Å². The molecule has 0 spiro atoms. The van der Waals surface area contributed by atoms with Gasteiger partial charge in [-0.3, -0.25) is 0 Å². The largest absolute Gasteiger partial charge is 0.507 e. The van der Waals surface area contributed by atoms with Gasteiger partial charge in [0.2, 0.25) is 0 Å². The molecule has 0 fully saturated rings. The fraction of sp³-hybridized carbons (Fsp3) is 0.280. The van der Waals surface area contributed by atoms with Crippen molar-refractivity contribution in [2.24, 2.45) is 0 Å². The lowest BCUT2D eigenvalue weighted by molar-refractivity contribution is 0.418. The summed E-state index contributed by atoms with van der Waals surface area (Å²) in [7, 11) is 0.720. The Balaban J connectivity index is 2.38. The highest BCUT2D eigenvalue weighted by atomic mass is 32.2. The van der Waals surface area contributed by atoms with Crippen molar-refractivity contribution in [2.75, 3.05) is 13.4 Å². The molecule has 3 rings (SSSR count). The third-order valence-electron chi connectivity index (χ3n) is 5.03. The molecule has 0 radical (unpaired) electrons. The Morgan fingerprint density at radius 1 is 0.897 bits per heavy atom. The van der Waals surface area contributed by atoms with E-state index in [-0.39, 0.29) is 5.41 Å². The quantitative estimate of drug-likeness (QED) is 0.434. The van der Waals surface area contributed by atoms with E-state index in [0.29, 0.717) is 5.75 Å². The summed E-state index contributed by atoms with van der Waals surface area (Å²) >= 11 is 1.74. The van der Waals surface area contributed by atoms with Gasteiger partial charge in [0.25, 0.3) is 0 Å². The molecule has 1 atom stereocenters. The maximum atomic E-state index is 11.4. The van der Waals surface area contributed by atoms with E-state index in [1.807, 2.05) is 18.2 Å². The van der Waals surface area contributed by atoms with Gasteiger partial charge in [0.15, 0.2) is 0 Å². The molecule has 29 heavy (non-hydrogen) atoms. The first kappa shape index (κ1) is 21.7. The second-order valence-electron chi connectivity index (χ2n) is 8.06. The Kier molecular flexibility index (Phi) is 6.61. The summed E-state index contributed by atoms with van der Waals surface area (Å²) < 4.78 is 5.79. The molecule has 0 aliphatic rings. The number of ether oxygens (including phenoxy) is 1. The minimum Gasteiger partial charge on any atom is -0.507 e. The summed E-state index contributed by atoms with van der Waals surface area (Å²) in [6.07, 6.45) is 2.10. The molecule has 4 heteroatoms. The van der Waals surface area contributed by atoms with E-state index < -0.39 is 7.92 Å². The fourth-order valence-corrected chi connectivity index (χ4v) is 7.28. The Morgan fingerprint density at radius 2 is 1.55 bits per heavy atom. The van der Waals surface area contributed by atoms with Gasteiger partial charge in [-0.15, -0.1) is 11.8 Å². The molecular weight excluding hydrogens is 395 g/mol. The maximum Gasteiger partial charge on any atom is 0.127 e. The van der Waals surface area contributed by atoms with Crippen molar-refractivity contribution in [3.05, 3.63) is 71.8 Å². The highest BCUT2D eigenvalue weighted by Crippen LogP contribution is 2.44. The molecular formula is C25H29O2PS. The van der Waals surface area contributed by atoms with E-state index in [9.17, 15) is 5.11 Å². The second kappa shape index (κ2) is 8.81. The molecule has 3 aromatic rings. The molecule has 152 valence electrons. The van der Waals surface area contributed by atoms with Crippen molar-refractivity contribution in [1.82, 2.24) is 0 Å². The third kappa shape index (κ3) is 4.32. The number of phenols is 1. The van der Waals surface area contributed by atoms with Crippen LogP contribution in [0.15, 0.2) is 65.6 Å². The first-order chi connectivity index (χ1) is 13.8. The van der Waals surface area contributed by atoms with Gasteiger partial charge >= 0.3 is 0 Å². The molecule has 1 N–H and O–H groups in total. The lowest BCUT2D eigenvalue weighted by Gasteiger charge is -2.28. The van der Waals surface area contributed by atoms with Gasteiger partial charge in [-0.05, 0) is 55.1 Å². The topological polar surface area (TPSA) is 29.5 Å². The minimum atomic E-state index is -1.00. The van der Waals surface area contributed by atoms with Crippen LogP contribution in [0.1, 0.15) is 31.9 Å². The maximum absolute atomic E-state index is 11.4. The van der Waals surface area contributed by atoms with Gasteiger partial charge in [-0.2, -0.15) is 0 Å². The number of phenolic OH excluding ortho intramolecular Hbond substituents is 1. The molecule has 0 aliphatic carbocycles. The standard InChI is InChI=1S/C25H29O2PS/c1-17-11-9-13-19(27-5)24(17)28(20-14-7-8-16-22(20)29-6)21-15-10-12-18(23(21)26)25(2,3)4/h7-16,26H,1-6H3.